The van der Waals surface area contributed by atoms with Gasteiger partial charge in [0.05, 0.1) is 18.4 Å². The normalized spacial score (nSPS) is 11.1. The van der Waals surface area contributed by atoms with Crippen LogP contribution in [-0.4, -0.2) is 10.9 Å². The number of furan rings is 1. The molecule has 28 heavy (non-hydrogen) atoms. The molecular formula is C23H16N2O2S. The number of nitrogens with zero attached hydrogens (tertiary/aromatic N) is 1. The van der Waals surface area contributed by atoms with E-state index in [4.69, 9.17) is 4.42 Å². The molecule has 0 bridgehead atoms. The zero-order chi connectivity index (χ0) is 18.9. The molecule has 2 heterocycles. The number of fused-ring (bicyclic) bond motifs is 3. The highest BCUT2D eigenvalue weighted by Gasteiger charge is 2.14. The average Bonchev–Trinajstić information content (AvgIpc) is 3.36. The van der Waals surface area contributed by atoms with Crippen molar-refractivity contribution in [3.05, 3.63) is 83.9 Å². The van der Waals surface area contributed by atoms with E-state index >= 15 is 0 Å². The van der Waals surface area contributed by atoms with E-state index in [0.29, 0.717) is 5.13 Å². The van der Waals surface area contributed by atoms with Gasteiger partial charge in [-0.2, -0.15) is 0 Å². The summed E-state index contributed by atoms with van der Waals surface area (Å²) in [6, 6.07) is 22.0. The first-order valence-corrected chi connectivity index (χ1v) is 9.84. The zero-order valence-electron chi connectivity index (χ0n) is 14.9. The van der Waals surface area contributed by atoms with Gasteiger partial charge >= 0.3 is 0 Å². The summed E-state index contributed by atoms with van der Waals surface area (Å²) < 4.78 is 5.68. The van der Waals surface area contributed by atoms with Gasteiger partial charge in [0.2, 0.25) is 5.91 Å². The maximum absolute atomic E-state index is 12.6. The van der Waals surface area contributed by atoms with Crippen LogP contribution in [0.2, 0.25) is 0 Å². The molecule has 1 amide bonds. The first-order valence-electron chi connectivity index (χ1n) is 8.96. The Morgan fingerprint density at radius 3 is 2.71 bits per heavy atom. The molecule has 0 saturated heterocycles. The van der Waals surface area contributed by atoms with Crippen LogP contribution in [0.1, 0.15) is 5.56 Å². The fourth-order valence-electron chi connectivity index (χ4n) is 3.41. The lowest BCUT2D eigenvalue weighted by atomic mass is 10.0. The molecule has 0 saturated carbocycles. The lowest BCUT2D eigenvalue weighted by Crippen LogP contribution is -2.14. The topological polar surface area (TPSA) is 55.1 Å². The number of hydrogen-bond donors (Lipinski definition) is 1. The van der Waals surface area contributed by atoms with Crippen LogP contribution in [0.25, 0.3) is 33.0 Å². The summed E-state index contributed by atoms with van der Waals surface area (Å²) in [5.74, 6) is -0.107. The van der Waals surface area contributed by atoms with Crippen molar-refractivity contribution in [1.29, 1.82) is 0 Å². The number of nitrogens with one attached hydrogen (secondary N) is 1. The summed E-state index contributed by atoms with van der Waals surface area (Å²) in [4.78, 5) is 17.1. The van der Waals surface area contributed by atoms with Crippen LogP contribution in [-0.2, 0) is 11.2 Å². The average molecular weight is 384 g/mol. The van der Waals surface area contributed by atoms with Gasteiger partial charge in [-0.25, -0.2) is 4.98 Å². The molecule has 5 heteroatoms. The van der Waals surface area contributed by atoms with Crippen molar-refractivity contribution in [3.63, 3.8) is 0 Å². The second-order valence-electron chi connectivity index (χ2n) is 6.55. The fourth-order valence-corrected chi connectivity index (χ4v) is 4.15. The third-order valence-corrected chi connectivity index (χ3v) is 5.47. The first-order chi connectivity index (χ1) is 13.8. The van der Waals surface area contributed by atoms with E-state index in [-0.39, 0.29) is 12.3 Å². The van der Waals surface area contributed by atoms with Gasteiger partial charge in [-0.1, -0.05) is 60.7 Å². The molecule has 0 aliphatic heterocycles. The molecule has 5 aromatic rings. The Hall–Kier alpha value is -3.44. The number of carbonyl (C=O) groups excluding carboxylic acids is 1. The number of hydrogen-bond acceptors (Lipinski definition) is 4. The second kappa shape index (κ2) is 6.94. The number of rotatable bonds is 4. The predicted molar refractivity (Wildman–Crippen MR) is 114 cm³/mol. The maximum Gasteiger partial charge on any atom is 0.230 e. The summed E-state index contributed by atoms with van der Waals surface area (Å²) in [6.45, 7) is 0. The quantitative estimate of drug-likeness (QED) is 0.420. The SMILES string of the molecule is O=C(Cc1coc2ccc3ccccc3c12)Nc1nc(-c2ccccc2)cs1. The predicted octanol–water partition coefficient (Wildman–Crippen LogP) is 5.89. The Morgan fingerprint density at radius 1 is 1.00 bits per heavy atom. The standard InChI is InChI=1S/C23H16N2O2S/c26-21(25-23-24-19(14-28-23)16-7-2-1-3-8-16)12-17-13-27-20-11-10-15-6-4-5-9-18(15)22(17)20/h1-11,13-14H,12H2,(H,24,25,26). The molecule has 0 radical (unpaired) electrons. The number of anilines is 1. The molecule has 0 fully saturated rings. The van der Waals surface area contributed by atoms with E-state index in [2.05, 4.69) is 22.4 Å². The van der Waals surface area contributed by atoms with Gasteiger partial charge in [0.1, 0.15) is 5.58 Å². The van der Waals surface area contributed by atoms with Gasteiger partial charge in [0.15, 0.2) is 5.13 Å². The van der Waals surface area contributed by atoms with Crippen LogP contribution in [0.4, 0.5) is 5.13 Å². The van der Waals surface area contributed by atoms with Crippen molar-refractivity contribution < 1.29 is 9.21 Å². The Morgan fingerprint density at radius 2 is 1.82 bits per heavy atom. The summed E-state index contributed by atoms with van der Waals surface area (Å²) >= 11 is 1.43. The van der Waals surface area contributed by atoms with E-state index < -0.39 is 0 Å². The van der Waals surface area contributed by atoms with E-state index in [9.17, 15) is 4.79 Å². The van der Waals surface area contributed by atoms with Crippen molar-refractivity contribution in [2.45, 2.75) is 6.42 Å². The van der Waals surface area contributed by atoms with Crippen molar-refractivity contribution in [1.82, 2.24) is 4.98 Å². The molecule has 0 unspecified atom stereocenters. The van der Waals surface area contributed by atoms with Crippen LogP contribution >= 0.6 is 11.3 Å². The molecule has 136 valence electrons. The van der Waals surface area contributed by atoms with Crippen molar-refractivity contribution >= 4 is 44.1 Å². The van der Waals surface area contributed by atoms with Crippen LogP contribution in [0.15, 0.2) is 82.8 Å². The minimum absolute atomic E-state index is 0.107. The lowest BCUT2D eigenvalue weighted by Gasteiger charge is -2.03. The highest BCUT2D eigenvalue weighted by Crippen LogP contribution is 2.30. The molecule has 0 spiro atoms. The van der Waals surface area contributed by atoms with Gasteiger partial charge in [0.25, 0.3) is 0 Å². The smallest absolute Gasteiger partial charge is 0.230 e. The molecule has 5 rings (SSSR count). The molecule has 0 aliphatic rings. The fraction of sp³-hybridized carbons (Fsp3) is 0.0435. The number of amides is 1. The van der Waals surface area contributed by atoms with E-state index in [1.165, 1.54) is 11.3 Å². The van der Waals surface area contributed by atoms with E-state index in [1.807, 2.05) is 60.0 Å². The number of aromatic nitrogens is 1. The molecule has 3 aromatic carbocycles. The molecule has 0 atom stereocenters. The Kier molecular flexibility index (Phi) is 4.14. The van der Waals surface area contributed by atoms with Crippen LogP contribution in [0.5, 0.6) is 0 Å². The summed E-state index contributed by atoms with van der Waals surface area (Å²) in [5.41, 5.74) is 3.57. The van der Waals surface area contributed by atoms with Gasteiger partial charge < -0.3 is 9.73 Å². The highest BCUT2D eigenvalue weighted by atomic mass is 32.1. The van der Waals surface area contributed by atoms with Crippen LogP contribution < -0.4 is 5.32 Å². The minimum atomic E-state index is -0.107. The Bertz CT molecular complexity index is 1290. The monoisotopic (exact) mass is 384 g/mol. The van der Waals surface area contributed by atoms with Crippen molar-refractivity contribution in [2.24, 2.45) is 0 Å². The van der Waals surface area contributed by atoms with E-state index in [1.54, 1.807) is 6.26 Å². The molecule has 4 nitrogen and oxygen atoms in total. The van der Waals surface area contributed by atoms with Gasteiger partial charge in [0, 0.05) is 21.9 Å². The van der Waals surface area contributed by atoms with Gasteiger partial charge in [-0.15, -0.1) is 11.3 Å². The third kappa shape index (κ3) is 3.06. The maximum atomic E-state index is 12.6. The first kappa shape index (κ1) is 16.7. The van der Waals surface area contributed by atoms with Crippen LogP contribution in [0.3, 0.4) is 0 Å². The van der Waals surface area contributed by atoms with Crippen LogP contribution in [0, 0.1) is 0 Å². The summed E-state index contributed by atoms with van der Waals surface area (Å²) in [7, 11) is 0. The molecular weight excluding hydrogens is 368 g/mol. The highest BCUT2D eigenvalue weighted by molar-refractivity contribution is 7.14. The lowest BCUT2D eigenvalue weighted by molar-refractivity contribution is -0.115. The molecule has 1 N–H and O–H groups in total. The minimum Gasteiger partial charge on any atom is -0.464 e. The van der Waals surface area contributed by atoms with Crippen molar-refractivity contribution in [3.8, 4) is 11.3 Å². The summed E-state index contributed by atoms with van der Waals surface area (Å²) in [5, 5.41) is 8.68. The van der Waals surface area contributed by atoms with Gasteiger partial charge in [-0.3, -0.25) is 4.79 Å². The third-order valence-electron chi connectivity index (χ3n) is 4.71. The number of thiazole rings is 1. The molecule has 2 aromatic heterocycles. The Labute approximate surface area is 165 Å². The zero-order valence-corrected chi connectivity index (χ0v) is 15.7. The van der Waals surface area contributed by atoms with Crippen molar-refractivity contribution in [2.75, 3.05) is 5.32 Å². The Balaban J connectivity index is 1.39. The largest absolute Gasteiger partial charge is 0.464 e. The summed E-state index contributed by atoms with van der Waals surface area (Å²) in [6.07, 6.45) is 1.91. The second-order valence-corrected chi connectivity index (χ2v) is 7.41. The molecule has 0 aliphatic carbocycles. The number of carbonyl (C=O) groups is 1. The van der Waals surface area contributed by atoms with E-state index in [0.717, 1.165) is 38.6 Å². The van der Waals surface area contributed by atoms with Gasteiger partial charge in [-0.05, 0) is 16.8 Å². The number of benzene rings is 3.